The Morgan fingerprint density at radius 3 is 2.59 bits per heavy atom. The van der Waals surface area contributed by atoms with Crippen LogP contribution in [0.5, 0.6) is 0 Å². The molecule has 1 saturated heterocycles. The molecule has 2 heterocycles. The van der Waals surface area contributed by atoms with Crippen molar-refractivity contribution in [3.63, 3.8) is 0 Å². The van der Waals surface area contributed by atoms with Gasteiger partial charge in [-0.2, -0.15) is 0 Å². The maximum Gasteiger partial charge on any atom is 0.310 e. The van der Waals surface area contributed by atoms with Crippen molar-refractivity contribution in [1.29, 1.82) is 0 Å². The molecule has 0 radical (unpaired) electrons. The summed E-state index contributed by atoms with van der Waals surface area (Å²) in [5, 5.41) is 1.23. The number of nitrogens with zero attached hydrogens (tertiary/aromatic N) is 3. The minimum Gasteiger partial charge on any atom is -0.494 e. The van der Waals surface area contributed by atoms with E-state index in [0.29, 0.717) is 29.6 Å². The van der Waals surface area contributed by atoms with Crippen molar-refractivity contribution in [1.82, 2.24) is 9.80 Å². The fourth-order valence-corrected chi connectivity index (χ4v) is 6.06. The van der Waals surface area contributed by atoms with Crippen molar-refractivity contribution in [2.75, 3.05) is 57.5 Å². The number of benzene rings is 1. The van der Waals surface area contributed by atoms with Crippen LogP contribution in [0.15, 0.2) is 42.2 Å². The molecule has 0 spiro atoms. The zero-order chi connectivity index (χ0) is 29.0. The predicted molar refractivity (Wildman–Crippen MR) is 165 cm³/mol. The van der Waals surface area contributed by atoms with E-state index in [9.17, 15) is 9.59 Å². The maximum absolute atomic E-state index is 12.9. The summed E-state index contributed by atoms with van der Waals surface area (Å²) < 4.78 is 11.7. The summed E-state index contributed by atoms with van der Waals surface area (Å²) in [6.07, 6.45) is 14.4. The fraction of sp³-hybridized carbons (Fsp3) is 0.625. The highest BCUT2D eigenvalue weighted by molar-refractivity contribution is 6.43. The van der Waals surface area contributed by atoms with Crippen LogP contribution in [0.4, 0.5) is 5.69 Å². The van der Waals surface area contributed by atoms with E-state index in [2.05, 4.69) is 22.8 Å². The molecule has 1 atom stereocenters. The molecule has 9 heteroatoms. The average molecular weight is 607 g/mol. The Labute approximate surface area is 255 Å². The molecule has 2 fully saturated rings. The van der Waals surface area contributed by atoms with Crippen LogP contribution in [-0.4, -0.2) is 74.3 Å². The monoisotopic (exact) mass is 605 g/mol. The number of piperazine rings is 1. The van der Waals surface area contributed by atoms with Gasteiger partial charge in [0.15, 0.2) is 6.73 Å². The molecule has 0 aromatic heterocycles. The van der Waals surface area contributed by atoms with Crippen molar-refractivity contribution < 1.29 is 19.1 Å². The highest BCUT2D eigenvalue weighted by atomic mass is 35.5. The number of rotatable bonds is 10. The van der Waals surface area contributed by atoms with Gasteiger partial charge in [0, 0.05) is 39.1 Å². The van der Waals surface area contributed by atoms with Crippen LogP contribution in [0, 0.1) is 11.8 Å². The van der Waals surface area contributed by atoms with Crippen LogP contribution in [0.2, 0.25) is 10.0 Å². The van der Waals surface area contributed by atoms with E-state index in [1.807, 2.05) is 30.4 Å². The van der Waals surface area contributed by atoms with Crippen molar-refractivity contribution in [3.8, 4) is 0 Å². The number of carbonyl (C=O) groups excluding carboxylic acids is 2. The van der Waals surface area contributed by atoms with E-state index in [0.717, 1.165) is 89.1 Å². The van der Waals surface area contributed by atoms with Crippen LogP contribution in [0.3, 0.4) is 0 Å². The van der Waals surface area contributed by atoms with Crippen molar-refractivity contribution >= 4 is 40.8 Å². The van der Waals surface area contributed by atoms with Gasteiger partial charge in [0.2, 0.25) is 5.91 Å². The summed E-state index contributed by atoms with van der Waals surface area (Å²) in [6.45, 7) is 7.97. The number of hydrogen-bond acceptors (Lipinski definition) is 6. The molecular formula is C32H45Cl2N3O4. The zero-order valence-corrected chi connectivity index (χ0v) is 25.9. The van der Waals surface area contributed by atoms with Gasteiger partial charge in [0.25, 0.3) is 0 Å². The first-order valence-corrected chi connectivity index (χ1v) is 16.0. The van der Waals surface area contributed by atoms with Crippen molar-refractivity contribution in [2.24, 2.45) is 11.8 Å². The number of unbranched alkanes of at least 4 members (excludes halogenated alkanes) is 1. The lowest BCUT2D eigenvalue weighted by Gasteiger charge is -2.36. The third-order valence-electron chi connectivity index (χ3n) is 8.35. The van der Waals surface area contributed by atoms with E-state index in [4.69, 9.17) is 32.7 Å². The molecule has 226 valence electrons. The van der Waals surface area contributed by atoms with E-state index >= 15 is 0 Å². The first kappa shape index (κ1) is 31.7. The highest BCUT2D eigenvalue weighted by Crippen LogP contribution is 2.33. The van der Waals surface area contributed by atoms with Crippen molar-refractivity contribution in [3.05, 3.63) is 52.2 Å². The van der Waals surface area contributed by atoms with E-state index in [1.54, 1.807) is 4.90 Å². The van der Waals surface area contributed by atoms with Gasteiger partial charge in [-0.25, -0.2) is 0 Å². The number of carbonyl (C=O) groups is 2. The number of anilines is 1. The molecule has 1 unspecified atom stereocenters. The Kier molecular flexibility index (Phi) is 12.7. The molecule has 2 aliphatic heterocycles. The number of allylic oxidation sites excluding steroid dienone is 2. The van der Waals surface area contributed by atoms with E-state index in [-0.39, 0.29) is 30.4 Å². The third-order valence-corrected chi connectivity index (χ3v) is 9.16. The largest absolute Gasteiger partial charge is 0.494 e. The van der Waals surface area contributed by atoms with Crippen molar-refractivity contribution in [2.45, 2.75) is 64.7 Å². The first-order chi connectivity index (χ1) is 19.9. The van der Waals surface area contributed by atoms with Crippen LogP contribution >= 0.6 is 23.2 Å². The summed E-state index contributed by atoms with van der Waals surface area (Å²) in [6, 6.07) is 5.80. The molecule has 1 aromatic carbocycles. The number of halogens is 2. The second-order valence-corrected chi connectivity index (χ2v) is 12.3. The lowest BCUT2D eigenvalue weighted by Crippen LogP contribution is -2.46. The molecule has 4 rings (SSSR count). The second kappa shape index (κ2) is 16.4. The van der Waals surface area contributed by atoms with Gasteiger partial charge < -0.3 is 19.3 Å². The molecule has 1 saturated carbocycles. The Hall–Kier alpha value is -2.22. The van der Waals surface area contributed by atoms with E-state index < -0.39 is 0 Å². The van der Waals surface area contributed by atoms with Gasteiger partial charge in [0.05, 0.1) is 28.3 Å². The van der Waals surface area contributed by atoms with Gasteiger partial charge in [-0.3, -0.25) is 14.5 Å². The first-order valence-electron chi connectivity index (χ1n) is 15.3. The second-order valence-electron chi connectivity index (χ2n) is 11.5. The summed E-state index contributed by atoms with van der Waals surface area (Å²) in [7, 11) is 0. The smallest absolute Gasteiger partial charge is 0.310 e. The maximum atomic E-state index is 12.9. The van der Waals surface area contributed by atoms with Crippen LogP contribution in [-0.2, 0) is 19.1 Å². The zero-order valence-electron chi connectivity index (χ0n) is 24.4. The summed E-state index contributed by atoms with van der Waals surface area (Å²) in [4.78, 5) is 31.8. The normalized spacial score (nSPS) is 23.5. The van der Waals surface area contributed by atoms with Gasteiger partial charge in [-0.1, -0.05) is 61.5 Å². The average Bonchev–Trinajstić information content (AvgIpc) is 2.99. The Morgan fingerprint density at radius 1 is 1.02 bits per heavy atom. The van der Waals surface area contributed by atoms with Gasteiger partial charge in [-0.15, -0.1) is 0 Å². The number of esters is 1. The van der Waals surface area contributed by atoms with Gasteiger partial charge in [0.1, 0.15) is 5.76 Å². The Bertz CT molecular complexity index is 1070. The SMILES string of the molecule is CC1/C=C\C(OCCCCN2CCN(c3cccc(Cl)c3Cl)CC2)=C/CN(COC(=O)C2CCCCC2)C(=O)CC1. The molecule has 0 bridgehead atoms. The minimum absolute atomic E-state index is 0.00677. The molecule has 41 heavy (non-hydrogen) atoms. The Balaban J connectivity index is 1.19. The third kappa shape index (κ3) is 9.93. The van der Waals surface area contributed by atoms with Gasteiger partial charge in [-0.05, 0) is 68.9 Å². The molecule has 1 aromatic rings. The molecular weight excluding hydrogens is 561 g/mol. The molecule has 1 aliphatic carbocycles. The van der Waals surface area contributed by atoms with Crippen LogP contribution < -0.4 is 4.90 Å². The van der Waals surface area contributed by atoms with Gasteiger partial charge >= 0.3 is 5.97 Å². The number of hydrogen-bond donors (Lipinski definition) is 0. The lowest BCUT2D eigenvalue weighted by molar-refractivity contribution is -0.157. The molecule has 3 aliphatic rings. The minimum atomic E-state index is -0.169. The topological polar surface area (TPSA) is 62.3 Å². The summed E-state index contributed by atoms with van der Waals surface area (Å²) in [5.74, 6) is 0.843. The Morgan fingerprint density at radius 2 is 1.80 bits per heavy atom. The summed E-state index contributed by atoms with van der Waals surface area (Å²) in [5.41, 5.74) is 1.01. The fourth-order valence-electron chi connectivity index (χ4n) is 5.64. The highest BCUT2D eigenvalue weighted by Gasteiger charge is 2.24. The number of ether oxygens (including phenoxy) is 2. The van der Waals surface area contributed by atoms with E-state index in [1.165, 1.54) is 6.42 Å². The lowest BCUT2D eigenvalue weighted by atomic mass is 9.89. The molecule has 0 N–H and O–H groups in total. The predicted octanol–water partition coefficient (Wildman–Crippen LogP) is 6.69. The number of amides is 1. The standard InChI is InChI=1S/C32H45Cl2N3O4/c1-25-12-14-27(16-18-37(30(38)15-13-25)24-41-32(39)26-8-3-2-4-9-26)40-23-6-5-17-35-19-21-36(22-20-35)29-11-7-10-28(33)31(29)34/h7,10-12,14,16,25-26H,2-6,8-9,13,15,17-24H2,1H3/b14-12-,27-16+. The molecule has 1 amide bonds. The van der Waals surface area contributed by atoms with Crippen LogP contribution in [0.1, 0.15) is 64.7 Å². The molecule has 7 nitrogen and oxygen atoms in total. The summed E-state index contributed by atoms with van der Waals surface area (Å²) >= 11 is 12.6. The van der Waals surface area contributed by atoms with Crippen LogP contribution in [0.25, 0.3) is 0 Å². The quantitative estimate of drug-likeness (QED) is 0.219.